The molecule has 6 heteroatoms. The first-order chi connectivity index (χ1) is 10.5. The van der Waals surface area contributed by atoms with Gasteiger partial charge in [-0.15, -0.1) is 11.3 Å². The maximum atomic E-state index is 11.5. The maximum absolute atomic E-state index is 11.5. The third-order valence-electron chi connectivity index (χ3n) is 2.79. The number of rotatable bonds is 6. The Hall–Kier alpha value is -2.34. The molecule has 0 aliphatic heterocycles. The van der Waals surface area contributed by atoms with E-state index in [-0.39, 0.29) is 12.2 Å². The number of ether oxygens (including phenoxy) is 1. The van der Waals surface area contributed by atoms with Crippen molar-refractivity contribution in [3.05, 3.63) is 52.1 Å². The number of benzene rings is 1. The molecule has 0 atom stereocenters. The zero-order valence-electron chi connectivity index (χ0n) is 12.7. The van der Waals surface area contributed by atoms with Crippen LogP contribution in [-0.2, 0) is 11.4 Å². The second-order valence-corrected chi connectivity index (χ2v) is 6.13. The Balaban J connectivity index is 2.27. The molecule has 0 amide bonds. The van der Waals surface area contributed by atoms with Gasteiger partial charge in [0.2, 0.25) is 0 Å². The van der Waals surface area contributed by atoms with E-state index in [1.165, 1.54) is 11.3 Å². The van der Waals surface area contributed by atoms with Gasteiger partial charge in [0.1, 0.15) is 12.4 Å². The van der Waals surface area contributed by atoms with Crippen LogP contribution in [0, 0.1) is 6.92 Å². The Morgan fingerprint density at radius 1 is 1.36 bits per heavy atom. The predicted octanol–water partition coefficient (Wildman–Crippen LogP) is 3.02. The predicted molar refractivity (Wildman–Crippen MR) is 86.9 cm³/mol. The average Bonchev–Trinajstić information content (AvgIpc) is 2.84. The molecule has 1 aromatic heterocycles. The third kappa shape index (κ3) is 4.08. The Labute approximate surface area is 133 Å². The summed E-state index contributed by atoms with van der Waals surface area (Å²) >= 11 is 1.36. The van der Waals surface area contributed by atoms with Gasteiger partial charge >= 0.3 is 5.97 Å². The van der Waals surface area contributed by atoms with Gasteiger partial charge in [0.05, 0.1) is 21.2 Å². The largest absolute Gasteiger partial charge is 0.487 e. The SMILES string of the molecule is Cc1nc(COc2ccccc2)c(C(=CN(C)C)C(=O)O)s1. The van der Waals surface area contributed by atoms with Gasteiger partial charge in [-0.25, -0.2) is 9.78 Å². The van der Waals surface area contributed by atoms with E-state index in [9.17, 15) is 9.90 Å². The van der Waals surface area contributed by atoms with Crippen molar-refractivity contribution in [2.75, 3.05) is 14.1 Å². The van der Waals surface area contributed by atoms with Crippen LogP contribution in [0.25, 0.3) is 5.57 Å². The first-order valence-electron chi connectivity index (χ1n) is 6.73. The minimum absolute atomic E-state index is 0.224. The molecule has 0 saturated heterocycles. The summed E-state index contributed by atoms with van der Waals surface area (Å²) in [5, 5.41) is 10.3. The number of aliphatic carboxylic acids is 1. The summed E-state index contributed by atoms with van der Waals surface area (Å²) in [5.74, 6) is -0.245. The fourth-order valence-electron chi connectivity index (χ4n) is 1.92. The molecule has 1 aromatic carbocycles. The van der Waals surface area contributed by atoms with Crippen molar-refractivity contribution in [3.63, 3.8) is 0 Å². The minimum Gasteiger partial charge on any atom is -0.487 e. The van der Waals surface area contributed by atoms with Crippen molar-refractivity contribution in [1.29, 1.82) is 0 Å². The normalized spacial score (nSPS) is 11.3. The topological polar surface area (TPSA) is 62.7 Å². The van der Waals surface area contributed by atoms with E-state index in [0.29, 0.717) is 10.6 Å². The lowest BCUT2D eigenvalue weighted by molar-refractivity contribution is -0.130. The van der Waals surface area contributed by atoms with Gasteiger partial charge in [0, 0.05) is 20.3 Å². The average molecular weight is 318 g/mol. The summed E-state index contributed by atoms with van der Waals surface area (Å²) in [4.78, 5) is 18.3. The molecule has 0 aliphatic carbocycles. The van der Waals surface area contributed by atoms with Crippen molar-refractivity contribution < 1.29 is 14.6 Å². The van der Waals surface area contributed by atoms with E-state index < -0.39 is 5.97 Å². The number of carboxylic acids is 1. The molecule has 2 rings (SSSR count). The van der Waals surface area contributed by atoms with E-state index in [1.54, 1.807) is 25.2 Å². The van der Waals surface area contributed by atoms with Crippen LogP contribution in [0.1, 0.15) is 15.6 Å². The second kappa shape index (κ2) is 7.09. The first kappa shape index (κ1) is 16.0. The second-order valence-electron chi connectivity index (χ2n) is 4.92. The van der Waals surface area contributed by atoms with Gasteiger partial charge < -0.3 is 14.7 Å². The molecular formula is C16H18N2O3S. The number of aryl methyl sites for hydroxylation is 1. The summed E-state index contributed by atoms with van der Waals surface area (Å²) < 4.78 is 5.69. The highest BCUT2D eigenvalue weighted by atomic mass is 32.1. The third-order valence-corrected chi connectivity index (χ3v) is 3.83. The van der Waals surface area contributed by atoms with Crippen LogP contribution < -0.4 is 4.74 Å². The van der Waals surface area contributed by atoms with Crippen LogP contribution >= 0.6 is 11.3 Å². The summed E-state index contributed by atoms with van der Waals surface area (Å²) in [6.07, 6.45) is 1.58. The number of aromatic nitrogens is 1. The van der Waals surface area contributed by atoms with E-state index in [1.807, 2.05) is 37.3 Å². The molecule has 0 aliphatic rings. The summed E-state index contributed by atoms with van der Waals surface area (Å²) in [6.45, 7) is 2.09. The molecule has 116 valence electrons. The summed E-state index contributed by atoms with van der Waals surface area (Å²) in [6, 6.07) is 9.39. The lowest BCUT2D eigenvalue weighted by atomic mass is 10.2. The Kier molecular flexibility index (Phi) is 5.16. The standard InChI is InChI=1S/C16H18N2O3S/c1-11-17-14(10-21-12-7-5-4-6-8-12)15(22-11)13(16(19)20)9-18(2)3/h4-9H,10H2,1-3H3,(H,19,20). The summed E-state index contributed by atoms with van der Waals surface area (Å²) in [5.41, 5.74) is 0.865. The van der Waals surface area contributed by atoms with Crippen LogP contribution in [0.15, 0.2) is 36.5 Å². The zero-order chi connectivity index (χ0) is 16.1. The number of hydrogen-bond acceptors (Lipinski definition) is 5. The molecule has 0 spiro atoms. The van der Waals surface area contributed by atoms with Crippen LogP contribution in [0.3, 0.4) is 0 Å². The van der Waals surface area contributed by atoms with Gasteiger partial charge in [-0.2, -0.15) is 0 Å². The highest BCUT2D eigenvalue weighted by molar-refractivity contribution is 7.13. The number of carboxylic acid groups (broad SMARTS) is 1. The monoisotopic (exact) mass is 318 g/mol. The number of carbonyl (C=O) groups is 1. The Morgan fingerprint density at radius 2 is 2.05 bits per heavy atom. The van der Waals surface area contributed by atoms with Crippen LogP contribution in [0.2, 0.25) is 0 Å². The van der Waals surface area contributed by atoms with Crippen molar-refractivity contribution in [2.24, 2.45) is 0 Å². The number of thiazole rings is 1. The van der Waals surface area contributed by atoms with E-state index in [4.69, 9.17) is 4.74 Å². The fraction of sp³-hybridized carbons (Fsp3) is 0.250. The molecule has 0 bridgehead atoms. The van der Waals surface area contributed by atoms with Crippen molar-refractivity contribution in [2.45, 2.75) is 13.5 Å². The first-order valence-corrected chi connectivity index (χ1v) is 7.55. The molecule has 1 heterocycles. The van der Waals surface area contributed by atoms with E-state index in [2.05, 4.69) is 4.98 Å². The fourth-order valence-corrected chi connectivity index (χ4v) is 2.84. The van der Waals surface area contributed by atoms with Gasteiger partial charge in [0.15, 0.2) is 0 Å². The van der Waals surface area contributed by atoms with Crippen molar-refractivity contribution >= 4 is 22.9 Å². The number of nitrogens with zero attached hydrogens (tertiary/aromatic N) is 2. The van der Waals surface area contributed by atoms with Gasteiger partial charge in [-0.3, -0.25) is 0 Å². The van der Waals surface area contributed by atoms with Crippen molar-refractivity contribution in [3.8, 4) is 5.75 Å². The molecule has 2 aromatic rings. The molecule has 5 nitrogen and oxygen atoms in total. The summed E-state index contributed by atoms with van der Waals surface area (Å²) in [7, 11) is 3.58. The Morgan fingerprint density at radius 3 is 2.64 bits per heavy atom. The van der Waals surface area contributed by atoms with Gasteiger partial charge in [0.25, 0.3) is 0 Å². The molecular weight excluding hydrogens is 300 g/mol. The molecule has 0 radical (unpaired) electrons. The van der Waals surface area contributed by atoms with Gasteiger partial charge in [-0.05, 0) is 19.1 Å². The van der Waals surface area contributed by atoms with Gasteiger partial charge in [-0.1, -0.05) is 18.2 Å². The molecule has 22 heavy (non-hydrogen) atoms. The van der Waals surface area contributed by atoms with E-state index in [0.717, 1.165) is 10.8 Å². The zero-order valence-corrected chi connectivity index (χ0v) is 13.6. The quantitative estimate of drug-likeness (QED) is 0.830. The highest BCUT2D eigenvalue weighted by Gasteiger charge is 2.20. The Bertz CT molecular complexity index is 678. The molecule has 0 unspecified atom stereocenters. The number of hydrogen-bond donors (Lipinski definition) is 1. The minimum atomic E-state index is -0.974. The van der Waals surface area contributed by atoms with Crippen molar-refractivity contribution in [1.82, 2.24) is 9.88 Å². The molecule has 0 fully saturated rings. The maximum Gasteiger partial charge on any atom is 0.338 e. The highest BCUT2D eigenvalue weighted by Crippen LogP contribution is 2.28. The number of para-hydroxylation sites is 1. The van der Waals surface area contributed by atoms with Crippen LogP contribution in [0.4, 0.5) is 0 Å². The van der Waals surface area contributed by atoms with Crippen LogP contribution in [-0.4, -0.2) is 35.1 Å². The van der Waals surface area contributed by atoms with Crippen LogP contribution in [0.5, 0.6) is 5.75 Å². The van der Waals surface area contributed by atoms with E-state index >= 15 is 0 Å². The molecule has 0 saturated carbocycles. The smallest absolute Gasteiger partial charge is 0.338 e. The lowest BCUT2D eigenvalue weighted by Crippen LogP contribution is -2.09. The molecule has 1 N–H and O–H groups in total. The lowest BCUT2D eigenvalue weighted by Gasteiger charge is -2.09.